The average molecular weight is 282 g/mol. The number of aromatic nitrogens is 3. The summed E-state index contributed by atoms with van der Waals surface area (Å²) in [6.07, 6.45) is 3.06. The molecule has 0 spiro atoms. The first-order valence-electron chi connectivity index (χ1n) is 6.96. The van der Waals surface area contributed by atoms with Gasteiger partial charge in [0.2, 0.25) is 11.1 Å². The monoisotopic (exact) mass is 282 g/mol. The number of nitrogens with zero attached hydrogens (tertiary/aromatic N) is 3. The Balaban J connectivity index is 1.88. The van der Waals surface area contributed by atoms with Crippen LogP contribution in [0.15, 0.2) is 5.16 Å². The first-order chi connectivity index (χ1) is 9.10. The zero-order chi connectivity index (χ0) is 13.8. The van der Waals surface area contributed by atoms with Crippen molar-refractivity contribution in [3.63, 3.8) is 0 Å². The molecule has 1 aliphatic heterocycles. The zero-order valence-electron chi connectivity index (χ0n) is 11.8. The van der Waals surface area contributed by atoms with Crippen molar-refractivity contribution in [3.8, 4) is 0 Å². The molecule has 0 unspecified atom stereocenters. The van der Waals surface area contributed by atoms with Crippen LogP contribution in [0.25, 0.3) is 0 Å². The number of nitrogens with one attached hydrogen (secondary N) is 1. The molecule has 1 saturated heterocycles. The number of H-pyrrole nitrogens is 1. The topological polar surface area (TPSA) is 61.9 Å². The minimum absolute atomic E-state index is 0.117. The fraction of sp³-hybridized carbons (Fsp3) is 0.769. The Morgan fingerprint density at radius 3 is 2.79 bits per heavy atom. The van der Waals surface area contributed by atoms with Crippen molar-refractivity contribution in [2.75, 3.05) is 13.1 Å². The van der Waals surface area contributed by atoms with Gasteiger partial charge in [-0.2, -0.15) is 0 Å². The van der Waals surface area contributed by atoms with Crippen LogP contribution in [-0.4, -0.2) is 44.3 Å². The molecule has 1 fully saturated rings. The van der Waals surface area contributed by atoms with E-state index in [9.17, 15) is 4.79 Å². The lowest BCUT2D eigenvalue weighted by Crippen LogP contribution is -2.41. The van der Waals surface area contributed by atoms with E-state index in [1.165, 1.54) is 11.8 Å². The maximum Gasteiger partial charge on any atom is 0.235 e. The van der Waals surface area contributed by atoms with E-state index in [1.807, 2.05) is 18.7 Å². The van der Waals surface area contributed by atoms with Crippen LogP contribution in [0.2, 0.25) is 0 Å². The van der Waals surface area contributed by atoms with E-state index in [0.29, 0.717) is 5.16 Å². The van der Waals surface area contributed by atoms with Gasteiger partial charge in [-0.1, -0.05) is 25.6 Å². The van der Waals surface area contributed by atoms with Crippen molar-refractivity contribution in [3.05, 3.63) is 5.82 Å². The van der Waals surface area contributed by atoms with Crippen LogP contribution in [0.3, 0.4) is 0 Å². The molecule has 1 amide bonds. The SMILES string of the molecule is CCc1nc(S[C@@H](C)C(=O)N2CCC(C)CC2)n[nH]1. The number of aromatic amines is 1. The van der Waals surface area contributed by atoms with E-state index in [1.54, 1.807) is 0 Å². The molecule has 106 valence electrons. The van der Waals surface area contributed by atoms with Crippen LogP contribution in [0.4, 0.5) is 0 Å². The second-order valence-electron chi connectivity index (χ2n) is 5.19. The lowest BCUT2D eigenvalue weighted by Gasteiger charge is -2.31. The number of rotatable bonds is 4. The number of hydrogen-bond acceptors (Lipinski definition) is 4. The van der Waals surface area contributed by atoms with Crippen molar-refractivity contribution in [1.82, 2.24) is 20.1 Å². The molecule has 0 bridgehead atoms. The molecule has 1 aromatic heterocycles. The summed E-state index contributed by atoms with van der Waals surface area (Å²) in [6.45, 7) is 7.99. The van der Waals surface area contributed by atoms with Gasteiger partial charge in [-0.05, 0) is 25.7 Å². The summed E-state index contributed by atoms with van der Waals surface area (Å²) in [5.41, 5.74) is 0. The van der Waals surface area contributed by atoms with Crippen molar-refractivity contribution in [2.45, 2.75) is 50.4 Å². The van der Waals surface area contributed by atoms with Crippen molar-refractivity contribution in [1.29, 1.82) is 0 Å². The fourth-order valence-corrected chi connectivity index (χ4v) is 3.01. The Morgan fingerprint density at radius 2 is 2.21 bits per heavy atom. The van der Waals surface area contributed by atoms with Gasteiger partial charge in [-0.15, -0.1) is 5.10 Å². The number of amides is 1. The highest BCUT2D eigenvalue weighted by Gasteiger charge is 2.25. The Morgan fingerprint density at radius 1 is 1.53 bits per heavy atom. The van der Waals surface area contributed by atoms with Gasteiger partial charge in [0.15, 0.2) is 0 Å². The predicted octanol–water partition coefficient (Wildman–Crippen LogP) is 2.11. The first kappa shape index (κ1) is 14.4. The van der Waals surface area contributed by atoms with E-state index in [4.69, 9.17) is 0 Å². The minimum Gasteiger partial charge on any atom is -0.342 e. The standard InChI is InChI=1S/C13H22N4OS/c1-4-11-14-13(16-15-11)19-10(3)12(18)17-7-5-9(2)6-8-17/h9-10H,4-8H2,1-3H3,(H,14,15,16)/t10-/m0/s1. The minimum atomic E-state index is -0.117. The molecule has 0 aromatic carbocycles. The maximum absolute atomic E-state index is 12.3. The number of likely N-dealkylation sites (tertiary alicyclic amines) is 1. The molecule has 1 N–H and O–H groups in total. The Hall–Kier alpha value is -1.04. The third-order valence-corrected chi connectivity index (χ3v) is 4.52. The van der Waals surface area contributed by atoms with E-state index in [2.05, 4.69) is 22.1 Å². The van der Waals surface area contributed by atoms with Gasteiger partial charge in [-0.25, -0.2) is 4.98 Å². The average Bonchev–Trinajstić information content (AvgIpc) is 2.86. The highest BCUT2D eigenvalue weighted by molar-refractivity contribution is 8.00. The van der Waals surface area contributed by atoms with E-state index >= 15 is 0 Å². The van der Waals surface area contributed by atoms with Crippen molar-refractivity contribution in [2.24, 2.45) is 5.92 Å². The van der Waals surface area contributed by atoms with Gasteiger partial charge in [0, 0.05) is 19.5 Å². The molecule has 5 nitrogen and oxygen atoms in total. The second kappa shape index (κ2) is 6.41. The van der Waals surface area contributed by atoms with Gasteiger partial charge >= 0.3 is 0 Å². The molecule has 1 atom stereocenters. The molecular weight excluding hydrogens is 260 g/mol. The van der Waals surface area contributed by atoms with E-state index in [0.717, 1.165) is 44.1 Å². The summed E-state index contributed by atoms with van der Waals surface area (Å²) in [4.78, 5) is 18.6. The summed E-state index contributed by atoms with van der Waals surface area (Å²) in [5, 5.41) is 7.55. The molecule has 6 heteroatoms. The number of piperidine rings is 1. The van der Waals surface area contributed by atoms with Gasteiger partial charge in [-0.3, -0.25) is 9.89 Å². The van der Waals surface area contributed by atoms with Crippen LogP contribution < -0.4 is 0 Å². The number of hydrogen-bond donors (Lipinski definition) is 1. The largest absolute Gasteiger partial charge is 0.342 e. The lowest BCUT2D eigenvalue weighted by molar-refractivity contribution is -0.131. The van der Waals surface area contributed by atoms with Gasteiger partial charge < -0.3 is 4.90 Å². The van der Waals surface area contributed by atoms with Gasteiger partial charge in [0.05, 0.1) is 5.25 Å². The zero-order valence-corrected chi connectivity index (χ0v) is 12.7. The molecular formula is C13H22N4OS. The summed E-state index contributed by atoms with van der Waals surface area (Å²) in [5.74, 6) is 1.82. The normalized spacial score (nSPS) is 18.6. The van der Waals surface area contributed by atoms with Crippen LogP contribution in [0.5, 0.6) is 0 Å². The van der Waals surface area contributed by atoms with Crippen molar-refractivity contribution < 1.29 is 4.79 Å². The highest BCUT2D eigenvalue weighted by atomic mass is 32.2. The highest BCUT2D eigenvalue weighted by Crippen LogP contribution is 2.23. The molecule has 0 saturated carbocycles. The Kier molecular flexibility index (Phi) is 4.85. The summed E-state index contributed by atoms with van der Waals surface area (Å²) < 4.78 is 0. The smallest absolute Gasteiger partial charge is 0.235 e. The second-order valence-corrected chi connectivity index (χ2v) is 6.49. The molecule has 1 aromatic rings. The third kappa shape index (κ3) is 3.72. The number of carbonyl (C=O) groups is 1. The number of thioether (sulfide) groups is 1. The third-order valence-electron chi connectivity index (χ3n) is 3.57. The molecule has 0 aliphatic carbocycles. The van der Waals surface area contributed by atoms with Crippen LogP contribution in [-0.2, 0) is 11.2 Å². The fourth-order valence-electron chi connectivity index (χ4n) is 2.18. The van der Waals surface area contributed by atoms with E-state index in [-0.39, 0.29) is 11.2 Å². The quantitative estimate of drug-likeness (QED) is 0.859. The molecule has 19 heavy (non-hydrogen) atoms. The van der Waals surface area contributed by atoms with Crippen LogP contribution in [0.1, 0.15) is 39.4 Å². The van der Waals surface area contributed by atoms with Crippen LogP contribution >= 0.6 is 11.8 Å². The van der Waals surface area contributed by atoms with Crippen LogP contribution in [0, 0.1) is 5.92 Å². The summed E-state index contributed by atoms with van der Waals surface area (Å²) >= 11 is 1.44. The summed E-state index contributed by atoms with van der Waals surface area (Å²) in [7, 11) is 0. The number of aryl methyl sites for hydroxylation is 1. The first-order valence-corrected chi connectivity index (χ1v) is 7.84. The molecule has 2 heterocycles. The Labute approximate surface area is 118 Å². The van der Waals surface area contributed by atoms with Gasteiger partial charge in [0.25, 0.3) is 0 Å². The predicted molar refractivity (Wildman–Crippen MR) is 76.1 cm³/mol. The van der Waals surface area contributed by atoms with Crippen molar-refractivity contribution >= 4 is 17.7 Å². The molecule has 0 radical (unpaired) electrons. The summed E-state index contributed by atoms with van der Waals surface area (Å²) in [6, 6.07) is 0. The molecule has 2 rings (SSSR count). The Bertz CT molecular complexity index is 426. The lowest BCUT2D eigenvalue weighted by atomic mass is 9.99. The molecule has 1 aliphatic rings. The van der Waals surface area contributed by atoms with Gasteiger partial charge in [0.1, 0.15) is 5.82 Å². The number of carbonyl (C=O) groups excluding carboxylic acids is 1. The van der Waals surface area contributed by atoms with E-state index < -0.39 is 0 Å². The maximum atomic E-state index is 12.3.